The molecule has 0 saturated heterocycles. The second kappa shape index (κ2) is 13.2. The molecule has 0 bridgehead atoms. The number of rotatable bonds is 10. The molecule has 208 valence electrons. The van der Waals surface area contributed by atoms with Gasteiger partial charge >= 0.3 is 12.1 Å². The number of ether oxygens (including phenoxy) is 2. The lowest BCUT2D eigenvalue weighted by atomic mass is 9.94. The molecule has 2 amide bonds. The van der Waals surface area contributed by atoms with Gasteiger partial charge in [-0.3, -0.25) is 24.1 Å². The fraction of sp³-hybridized carbons (Fsp3) is 0.219. The van der Waals surface area contributed by atoms with E-state index in [1.165, 1.54) is 0 Å². The van der Waals surface area contributed by atoms with Crippen LogP contribution in [0, 0.1) is 17.8 Å². The molecule has 1 aliphatic heterocycles. The zero-order chi connectivity index (χ0) is 29.4. The molecule has 9 heteroatoms. The Bertz CT molecular complexity index is 1500. The Morgan fingerprint density at radius 2 is 1.44 bits per heavy atom. The van der Waals surface area contributed by atoms with Crippen molar-refractivity contribution in [2.24, 2.45) is 5.92 Å². The molecule has 3 aromatic rings. The van der Waals surface area contributed by atoms with Crippen molar-refractivity contribution in [1.29, 1.82) is 0 Å². The summed E-state index contributed by atoms with van der Waals surface area (Å²) in [5.41, 5.74) is 3.43. The van der Waals surface area contributed by atoms with Crippen molar-refractivity contribution in [3.8, 4) is 23.0 Å². The highest BCUT2D eigenvalue weighted by atomic mass is 16.7. The van der Waals surface area contributed by atoms with E-state index in [4.69, 9.17) is 4.74 Å². The number of hydrogen-bond acceptors (Lipinski definition) is 7. The van der Waals surface area contributed by atoms with E-state index < -0.39 is 29.9 Å². The number of amides is 2. The fourth-order valence-electron chi connectivity index (χ4n) is 4.37. The summed E-state index contributed by atoms with van der Waals surface area (Å²) in [5.74, 6) is 2.15. The maximum atomic E-state index is 12.9. The standard InChI is InChI=1S/C32H27NO8/c1-2-40-32(39)41-19-5-6-21-9-11-22(12-10-21)23-13-15-24(16-14-23)28(34)20-25(31(37)38)17-18-33-29(35)26-7-3-4-8-27(26)30(33)36/h3-4,7-16,25H,2,17-20H2,1H3,(H,37,38). The first-order valence-corrected chi connectivity index (χ1v) is 13.0. The van der Waals surface area contributed by atoms with Crippen molar-refractivity contribution >= 4 is 29.7 Å². The molecule has 1 aliphatic rings. The lowest BCUT2D eigenvalue weighted by molar-refractivity contribution is -0.142. The van der Waals surface area contributed by atoms with E-state index in [-0.39, 0.29) is 38.4 Å². The number of carbonyl (C=O) groups is 5. The number of carboxylic acid groups (broad SMARTS) is 1. The summed E-state index contributed by atoms with van der Waals surface area (Å²) in [7, 11) is 0. The highest BCUT2D eigenvalue weighted by Crippen LogP contribution is 2.25. The Balaban J connectivity index is 1.33. The van der Waals surface area contributed by atoms with Gasteiger partial charge in [-0.25, -0.2) is 4.79 Å². The van der Waals surface area contributed by atoms with Crippen LogP contribution in [0.1, 0.15) is 56.4 Å². The second-order valence-corrected chi connectivity index (χ2v) is 9.19. The Hall–Kier alpha value is -5.23. The van der Waals surface area contributed by atoms with Crippen molar-refractivity contribution in [3.63, 3.8) is 0 Å². The van der Waals surface area contributed by atoms with Gasteiger partial charge in [0.15, 0.2) is 12.4 Å². The molecular weight excluding hydrogens is 526 g/mol. The zero-order valence-corrected chi connectivity index (χ0v) is 22.3. The molecule has 0 fully saturated rings. The van der Waals surface area contributed by atoms with Gasteiger partial charge in [-0.15, -0.1) is 0 Å². The van der Waals surface area contributed by atoms with E-state index in [1.54, 1.807) is 55.5 Å². The Kier molecular flexibility index (Phi) is 9.28. The highest BCUT2D eigenvalue weighted by Gasteiger charge is 2.36. The normalized spacial score (nSPS) is 12.7. The number of imide groups is 1. The summed E-state index contributed by atoms with van der Waals surface area (Å²) in [6.45, 7) is 1.74. The van der Waals surface area contributed by atoms with Crippen molar-refractivity contribution in [3.05, 3.63) is 95.1 Å². The van der Waals surface area contributed by atoms with Crippen LogP contribution in [0.25, 0.3) is 11.1 Å². The first kappa shape index (κ1) is 28.8. The average molecular weight is 554 g/mol. The molecule has 1 N–H and O–H groups in total. The number of Topliss-reactive ketones (excluding diaryl/α,β-unsaturated/α-hetero) is 1. The average Bonchev–Trinajstić information content (AvgIpc) is 3.22. The second-order valence-electron chi connectivity index (χ2n) is 9.19. The molecule has 1 unspecified atom stereocenters. The third-order valence-corrected chi connectivity index (χ3v) is 6.54. The van der Waals surface area contributed by atoms with Crippen LogP contribution in [0.3, 0.4) is 0 Å². The largest absolute Gasteiger partial charge is 0.509 e. The lowest BCUT2D eigenvalue weighted by Gasteiger charge is -2.17. The van der Waals surface area contributed by atoms with Gasteiger partial charge in [-0.05, 0) is 48.7 Å². The first-order valence-electron chi connectivity index (χ1n) is 13.0. The maximum Gasteiger partial charge on any atom is 0.509 e. The van der Waals surface area contributed by atoms with Crippen LogP contribution in [0.2, 0.25) is 0 Å². The van der Waals surface area contributed by atoms with Gasteiger partial charge in [0, 0.05) is 24.1 Å². The summed E-state index contributed by atoms with van der Waals surface area (Å²) in [5, 5.41) is 9.70. The third kappa shape index (κ3) is 7.05. The van der Waals surface area contributed by atoms with Crippen LogP contribution in [-0.4, -0.2) is 59.5 Å². The first-order chi connectivity index (χ1) is 19.8. The van der Waals surface area contributed by atoms with Crippen LogP contribution < -0.4 is 0 Å². The van der Waals surface area contributed by atoms with Crippen molar-refractivity contribution in [1.82, 2.24) is 4.90 Å². The van der Waals surface area contributed by atoms with E-state index in [2.05, 4.69) is 16.6 Å². The molecule has 0 radical (unpaired) electrons. The van der Waals surface area contributed by atoms with Gasteiger partial charge in [0.2, 0.25) is 0 Å². The smallest absolute Gasteiger partial charge is 0.481 e. The van der Waals surface area contributed by atoms with Crippen LogP contribution in [0.5, 0.6) is 0 Å². The summed E-state index contributed by atoms with van der Waals surface area (Å²) >= 11 is 0. The van der Waals surface area contributed by atoms with E-state index in [0.29, 0.717) is 16.7 Å². The number of ketones is 1. The minimum absolute atomic E-state index is 0.0329. The van der Waals surface area contributed by atoms with Gasteiger partial charge in [0.1, 0.15) is 0 Å². The quantitative estimate of drug-likeness (QED) is 0.164. The highest BCUT2D eigenvalue weighted by molar-refractivity contribution is 6.21. The molecule has 9 nitrogen and oxygen atoms in total. The number of fused-ring (bicyclic) bond motifs is 1. The molecule has 0 aromatic heterocycles. The maximum absolute atomic E-state index is 12.9. The van der Waals surface area contributed by atoms with Gasteiger partial charge in [-0.1, -0.05) is 60.4 Å². The number of carbonyl (C=O) groups excluding carboxylic acids is 4. The summed E-state index contributed by atoms with van der Waals surface area (Å²) in [6.07, 6.45) is -1.06. The number of hydrogen-bond donors (Lipinski definition) is 1. The van der Waals surface area contributed by atoms with Crippen LogP contribution >= 0.6 is 0 Å². The Morgan fingerprint density at radius 1 is 0.854 bits per heavy atom. The number of carboxylic acids is 1. The monoisotopic (exact) mass is 553 g/mol. The van der Waals surface area contributed by atoms with E-state index >= 15 is 0 Å². The Labute approximate surface area is 236 Å². The van der Waals surface area contributed by atoms with Crippen LogP contribution in [-0.2, 0) is 14.3 Å². The van der Waals surface area contributed by atoms with E-state index in [0.717, 1.165) is 21.6 Å². The predicted molar refractivity (Wildman–Crippen MR) is 148 cm³/mol. The molecule has 1 atom stereocenters. The summed E-state index contributed by atoms with van der Waals surface area (Å²) in [4.78, 5) is 62.1. The third-order valence-electron chi connectivity index (χ3n) is 6.54. The van der Waals surface area contributed by atoms with Crippen LogP contribution in [0.15, 0.2) is 72.8 Å². The minimum atomic E-state index is -1.16. The zero-order valence-electron chi connectivity index (χ0n) is 22.3. The molecule has 0 aliphatic carbocycles. The number of nitrogens with zero attached hydrogens (tertiary/aromatic N) is 1. The van der Waals surface area contributed by atoms with Crippen molar-refractivity contribution in [2.75, 3.05) is 19.8 Å². The lowest BCUT2D eigenvalue weighted by Crippen LogP contribution is -2.33. The van der Waals surface area contributed by atoms with Gasteiger partial charge < -0.3 is 14.6 Å². The molecule has 0 spiro atoms. The molecule has 0 saturated carbocycles. The number of benzene rings is 3. The molecule has 1 heterocycles. The Morgan fingerprint density at radius 3 is 2.00 bits per heavy atom. The van der Waals surface area contributed by atoms with Gasteiger partial charge in [0.25, 0.3) is 11.8 Å². The van der Waals surface area contributed by atoms with Crippen molar-refractivity contribution < 1.29 is 38.6 Å². The molecular formula is C32H27NO8. The van der Waals surface area contributed by atoms with Crippen LogP contribution in [0.4, 0.5) is 4.79 Å². The van der Waals surface area contributed by atoms with Gasteiger partial charge in [0.05, 0.1) is 23.7 Å². The number of aliphatic carboxylic acids is 1. The summed E-state index contributed by atoms with van der Waals surface area (Å²) < 4.78 is 9.46. The fourth-order valence-corrected chi connectivity index (χ4v) is 4.37. The SMILES string of the molecule is CCOC(=O)OCC#Cc1ccc(-c2ccc(C(=O)CC(CCN3C(=O)c4ccccc4C3=O)C(=O)O)cc2)cc1. The molecule has 41 heavy (non-hydrogen) atoms. The summed E-state index contributed by atoms with van der Waals surface area (Å²) in [6, 6.07) is 20.6. The molecule has 4 rings (SSSR count). The molecule has 3 aromatic carbocycles. The van der Waals surface area contributed by atoms with Crippen molar-refractivity contribution in [2.45, 2.75) is 19.8 Å². The topological polar surface area (TPSA) is 127 Å². The minimum Gasteiger partial charge on any atom is -0.481 e. The predicted octanol–water partition coefficient (Wildman–Crippen LogP) is 4.84. The van der Waals surface area contributed by atoms with Gasteiger partial charge in [-0.2, -0.15) is 0 Å². The van der Waals surface area contributed by atoms with E-state index in [1.807, 2.05) is 24.3 Å². The van der Waals surface area contributed by atoms with E-state index in [9.17, 15) is 29.1 Å².